The molecule has 1 aromatic rings. The van der Waals surface area contributed by atoms with E-state index in [1.807, 2.05) is 13.0 Å². The van der Waals surface area contributed by atoms with E-state index >= 15 is 0 Å². The molecule has 19 heavy (non-hydrogen) atoms. The van der Waals surface area contributed by atoms with E-state index in [0.717, 1.165) is 5.56 Å². The van der Waals surface area contributed by atoms with Gasteiger partial charge in [0.2, 0.25) is 5.91 Å². The third-order valence-electron chi connectivity index (χ3n) is 2.62. The van der Waals surface area contributed by atoms with Crippen LogP contribution in [0.3, 0.4) is 0 Å². The molecule has 6 heteroatoms. The average molecular weight is 285 g/mol. The van der Waals surface area contributed by atoms with Crippen LogP contribution in [0.4, 0.5) is 5.69 Å². The summed E-state index contributed by atoms with van der Waals surface area (Å²) in [6.07, 6.45) is 0. The van der Waals surface area contributed by atoms with Gasteiger partial charge in [0.1, 0.15) is 5.54 Å². The molecule has 104 valence electrons. The number of carboxylic acid groups (broad SMARTS) is 1. The van der Waals surface area contributed by atoms with Crippen LogP contribution < -0.4 is 10.6 Å². The number of nitrogens with one attached hydrogen (secondary N) is 2. The minimum Gasteiger partial charge on any atom is -0.480 e. The van der Waals surface area contributed by atoms with Crippen LogP contribution >= 0.6 is 11.6 Å². The standard InChI is InChI=1S/C13H17ClN2O3/c1-8-4-5-10(9(14)6-8)16-11(17)7-15-13(2,3)12(18)19/h4-6,15H,7H2,1-3H3,(H,16,17)(H,18,19). The van der Waals surface area contributed by atoms with Gasteiger partial charge in [0, 0.05) is 0 Å². The summed E-state index contributed by atoms with van der Waals surface area (Å²) < 4.78 is 0. The molecule has 1 rings (SSSR count). The van der Waals surface area contributed by atoms with E-state index in [0.29, 0.717) is 10.7 Å². The first-order chi connectivity index (χ1) is 8.72. The molecule has 0 aliphatic rings. The van der Waals surface area contributed by atoms with Crippen LogP contribution in [0.2, 0.25) is 5.02 Å². The van der Waals surface area contributed by atoms with Gasteiger partial charge in [0.15, 0.2) is 0 Å². The van der Waals surface area contributed by atoms with Crippen molar-refractivity contribution in [2.75, 3.05) is 11.9 Å². The van der Waals surface area contributed by atoms with E-state index in [-0.39, 0.29) is 12.5 Å². The van der Waals surface area contributed by atoms with E-state index < -0.39 is 11.5 Å². The van der Waals surface area contributed by atoms with Gasteiger partial charge < -0.3 is 10.4 Å². The molecule has 0 heterocycles. The van der Waals surface area contributed by atoms with Crippen LogP contribution in [-0.4, -0.2) is 29.1 Å². The molecule has 1 amide bonds. The summed E-state index contributed by atoms with van der Waals surface area (Å²) in [5.74, 6) is -1.37. The van der Waals surface area contributed by atoms with Gasteiger partial charge >= 0.3 is 5.97 Å². The number of aliphatic carboxylic acids is 1. The molecule has 1 aromatic carbocycles. The molecule has 0 aliphatic carbocycles. The van der Waals surface area contributed by atoms with E-state index in [4.69, 9.17) is 16.7 Å². The van der Waals surface area contributed by atoms with Crippen LogP contribution in [-0.2, 0) is 9.59 Å². The summed E-state index contributed by atoms with van der Waals surface area (Å²) >= 11 is 5.98. The SMILES string of the molecule is Cc1ccc(NC(=O)CNC(C)(C)C(=O)O)c(Cl)c1. The smallest absolute Gasteiger partial charge is 0.323 e. The number of benzene rings is 1. The molecule has 0 bridgehead atoms. The van der Waals surface area contributed by atoms with Crippen molar-refractivity contribution in [1.29, 1.82) is 0 Å². The lowest BCUT2D eigenvalue weighted by atomic mass is 10.1. The average Bonchev–Trinajstić information content (AvgIpc) is 2.30. The van der Waals surface area contributed by atoms with Crippen molar-refractivity contribution in [3.63, 3.8) is 0 Å². The minimum absolute atomic E-state index is 0.108. The first kappa shape index (κ1) is 15.5. The topological polar surface area (TPSA) is 78.4 Å². The van der Waals surface area contributed by atoms with Crippen molar-refractivity contribution in [2.24, 2.45) is 0 Å². The Balaban J connectivity index is 2.59. The van der Waals surface area contributed by atoms with Gasteiger partial charge in [-0.15, -0.1) is 0 Å². The lowest BCUT2D eigenvalue weighted by molar-refractivity contribution is -0.143. The molecule has 0 saturated carbocycles. The highest BCUT2D eigenvalue weighted by Crippen LogP contribution is 2.22. The zero-order chi connectivity index (χ0) is 14.6. The van der Waals surface area contributed by atoms with Gasteiger partial charge in [-0.05, 0) is 38.5 Å². The van der Waals surface area contributed by atoms with Crippen molar-refractivity contribution in [1.82, 2.24) is 5.32 Å². The first-order valence-electron chi connectivity index (χ1n) is 5.77. The Hall–Kier alpha value is -1.59. The second kappa shape index (κ2) is 6.04. The van der Waals surface area contributed by atoms with Crippen molar-refractivity contribution >= 4 is 29.2 Å². The summed E-state index contributed by atoms with van der Waals surface area (Å²) in [6, 6.07) is 5.28. The molecule has 3 N–H and O–H groups in total. The summed E-state index contributed by atoms with van der Waals surface area (Å²) in [5, 5.41) is 14.6. The van der Waals surface area contributed by atoms with Gasteiger partial charge in [-0.25, -0.2) is 0 Å². The summed E-state index contributed by atoms with van der Waals surface area (Å²) in [5.41, 5.74) is 0.342. The Morgan fingerprint density at radius 2 is 2.00 bits per heavy atom. The van der Waals surface area contributed by atoms with E-state index in [1.165, 1.54) is 13.8 Å². The number of hydrogen-bond donors (Lipinski definition) is 3. The number of halogens is 1. The van der Waals surface area contributed by atoms with Gasteiger partial charge in [-0.2, -0.15) is 0 Å². The Morgan fingerprint density at radius 1 is 1.37 bits per heavy atom. The Kier molecular flexibility index (Phi) is 4.91. The van der Waals surface area contributed by atoms with Crippen molar-refractivity contribution < 1.29 is 14.7 Å². The van der Waals surface area contributed by atoms with Crippen LogP contribution in [0.15, 0.2) is 18.2 Å². The summed E-state index contributed by atoms with van der Waals surface area (Å²) in [4.78, 5) is 22.6. The number of rotatable bonds is 5. The van der Waals surface area contributed by atoms with E-state index in [9.17, 15) is 9.59 Å². The molecule has 0 radical (unpaired) electrons. The minimum atomic E-state index is -1.16. The molecule has 0 spiro atoms. The maximum Gasteiger partial charge on any atom is 0.323 e. The zero-order valence-electron chi connectivity index (χ0n) is 11.1. The fourth-order valence-corrected chi connectivity index (χ4v) is 1.58. The summed E-state index contributed by atoms with van der Waals surface area (Å²) in [7, 11) is 0. The molecule has 0 atom stereocenters. The lowest BCUT2D eigenvalue weighted by Gasteiger charge is -2.20. The molecule has 5 nitrogen and oxygen atoms in total. The predicted molar refractivity (Wildman–Crippen MR) is 74.5 cm³/mol. The quantitative estimate of drug-likeness (QED) is 0.773. The van der Waals surface area contributed by atoms with Gasteiger partial charge in [0.05, 0.1) is 17.3 Å². The molecular weight excluding hydrogens is 268 g/mol. The second-order valence-electron chi connectivity index (χ2n) is 4.82. The number of carbonyl (C=O) groups excluding carboxylic acids is 1. The number of carbonyl (C=O) groups is 2. The Bertz CT molecular complexity index is 501. The van der Waals surface area contributed by atoms with Crippen LogP contribution in [0.1, 0.15) is 19.4 Å². The largest absolute Gasteiger partial charge is 0.480 e. The Morgan fingerprint density at radius 3 is 2.53 bits per heavy atom. The van der Waals surface area contributed by atoms with Crippen LogP contribution in [0.25, 0.3) is 0 Å². The van der Waals surface area contributed by atoms with E-state index in [1.54, 1.807) is 12.1 Å². The molecule has 0 aromatic heterocycles. The maximum atomic E-state index is 11.7. The normalized spacial score (nSPS) is 11.2. The number of anilines is 1. The number of amides is 1. The highest BCUT2D eigenvalue weighted by Gasteiger charge is 2.26. The molecule has 0 unspecified atom stereocenters. The van der Waals surface area contributed by atoms with Crippen molar-refractivity contribution in [3.05, 3.63) is 28.8 Å². The first-order valence-corrected chi connectivity index (χ1v) is 6.14. The fourth-order valence-electron chi connectivity index (χ4n) is 1.29. The number of carboxylic acids is 1. The molecule has 0 fully saturated rings. The maximum absolute atomic E-state index is 11.7. The zero-order valence-corrected chi connectivity index (χ0v) is 11.8. The van der Waals surface area contributed by atoms with Gasteiger partial charge in [-0.1, -0.05) is 17.7 Å². The third kappa shape index (κ3) is 4.54. The molecule has 0 saturated heterocycles. The lowest BCUT2D eigenvalue weighted by Crippen LogP contribution is -2.49. The summed E-state index contributed by atoms with van der Waals surface area (Å²) in [6.45, 7) is 4.76. The van der Waals surface area contributed by atoms with Crippen molar-refractivity contribution in [3.8, 4) is 0 Å². The fraction of sp³-hybridized carbons (Fsp3) is 0.385. The van der Waals surface area contributed by atoms with Gasteiger partial charge in [0.25, 0.3) is 0 Å². The number of hydrogen-bond acceptors (Lipinski definition) is 3. The third-order valence-corrected chi connectivity index (χ3v) is 2.94. The molecule has 0 aliphatic heterocycles. The highest BCUT2D eigenvalue weighted by atomic mass is 35.5. The predicted octanol–water partition coefficient (Wildman–Crippen LogP) is 2.04. The van der Waals surface area contributed by atoms with Crippen molar-refractivity contribution in [2.45, 2.75) is 26.3 Å². The van der Waals surface area contributed by atoms with Gasteiger partial charge in [-0.3, -0.25) is 14.9 Å². The van der Waals surface area contributed by atoms with Crippen LogP contribution in [0, 0.1) is 6.92 Å². The highest BCUT2D eigenvalue weighted by molar-refractivity contribution is 6.33. The second-order valence-corrected chi connectivity index (χ2v) is 5.22. The number of aryl methyl sites for hydroxylation is 1. The molecular formula is C13H17ClN2O3. The Labute approximate surface area is 117 Å². The monoisotopic (exact) mass is 284 g/mol. The van der Waals surface area contributed by atoms with E-state index in [2.05, 4.69) is 10.6 Å². The van der Waals surface area contributed by atoms with Crippen LogP contribution in [0.5, 0.6) is 0 Å².